The first-order valence-corrected chi connectivity index (χ1v) is 11.1. The zero-order chi connectivity index (χ0) is 23.7. The maximum atomic E-state index is 13.0. The van der Waals surface area contributed by atoms with Gasteiger partial charge in [0.1, 0.15) is 17.2 Å². The Kier molecular flexibility index (Phi) is 5.72. The molecule has 0 aliphatic carbocycles. The molecular formula is C28H26N2O4. The molecule has 2 heterocycles. The summed E-state index contributed by atoms with van der Waals surface area (Å²) in [7, 11) is 4.94. The minimum absolute atomic E-state index is 0.0691. The monoisotopic (exact) mass is 454 g/mol. The van der Waals surface area contributed by atoms with Crippen LogP contribution in [0.2, 0.25) is 0 Å². The highest BCUT2D eigenvalue weighted by Gasteiger charge is 2.30. The van der Waals surface area contributed by atoms with E-state index in [4.69, 9.17) is 14.2 Å². The van der Waals surface area contributed by atoms with E-state index in [2.05, 4.69) is 11.1 Å². The number of hydrogen-bond donors (Lipinski definition) is 1. The predicted octanol–water partition coefficient (Wildman–Crippen LogP) is 5.63. The normalized spacial score (nSPS) is 13.3. The second-order valence-electron chi connectivity index (χ2n) is 8.11. The summed E-state index contributed by atoms with van der Waals surface area (Å²) in [5.74, 6) is 2.31. The van der Waals surface area contributed by atoms with E-state index in [-0.39, 0.29) is 5.91 Å². The van der Waals surface area contributed by atoms with Crippen LogP contribution in [0, 0.1) is 0 Å². The number of fused-ring (bicyclic) bond motifs is 1. The third-order valence-electron chi connectivity index (χ3n) is 6.20. The van der Waals surface area contributed by atoms with E-state index in [1.165, 1.54) is 0 Å². The number of nitrogens with one attached hydrogen (secondary N) is 1. The number of benzene rings is 3. The highest BCUT2D eigenvalue weighted by molar-refractivity contribution is 6.05. The summed E-state index contributed by atoms with van der Waals surface area (Å²) in [6.07, 6.45) is 2.37. The maximum Gasteiger partial charge on any atom is 0.231 e. The molecule has 0 bridgehead atoms. The Morgan fingerprint density at radius 1 is 0.882 bits per heavy atom. The molecule has 6 nitrogen and oxygen atoms in total. The summed E-state index contributed by atoms with van der Waals surface area (Å²) >= 11 is 0. The molecule has 5 rings (SSSR count). The Balaban J connectivity index is 1.65. The van der Waals surface area contributed by atoms with Gasteiger partial charge in [0, 0.05) is 28.5 Å². The number of methoxy groups -OCH3 is 3. The minimum Gasteiger partial charge on any atom is -0.497 e. The quantitative estimate of drug-likeness (QED) is 0.393. The van der Waals surface area contributed by atoms with Crippen LogP contribution in [0.1, 0.15) is 17.5 Å². The fourth-order valence-corrected chi connectivity index (χ4v) is 4.48. The van der Waals surface area contributed by atoms with Crippen LogP contribution in [0.5, 0.6) is 17.2 Å². The topological polar surface area (TPSA) is 63.8 Å². The van der Waals surface area contributed by atoms with Crippen LogP contribution in [0.3, 0.4) is 0 Å². The molecule has 1 N–H and O–H groups in total. The van der Waals surface area contributed by atoms with E-state index in [0.717, 1.165) is 56.2 Å². The predicted molar refractivity (Wildman–Crippen MR) is 133 cm³/mol. The van der Waals surface area contributed by atoms with Crippen LogP contribution in [-0.4, -0.2) is 37.1 Å². The van der Waals surface area contributed by atoms with Crippen molar-refractivity contribution in [2.45, 2.75) is 13.0 Å². The molecule has 0 spiro atoms. The van der Waals surface area contributed by atoms with Gasteiger partial charge in [0.25, 0.3) is 0 Å². The Morgan fingerprint density at radius 2 is 1.62 bits per heavy atom. The zero-order valence-corrected chi connectivity index (χ0v) is 19.4. The molecule has 1 aliphatic heterocycles. The maximum absolute atomic E-state index is 13.0. The van der Waals surface area contributed by atoms with Crippen LogP contribution < -0.4 is 14.2 Å². The highest BCUT2D eigenvalue weighted by atomic mass is 16.5. The van der Waals surface area contributed by atoms with Crippen molar-refractivity contribution in [3.63, 3.8) is 0 Å². The summed E-state index contributed by atoms with van der Waals surface area (Å²) in [5, 5.41) is 1.04. The van der Waals surface area contributed by atoms with Gasteiger partial charge in [0.2, 0.25) is 5.91 Å². The number of carbonyl (C=O) groups excluding carboxylic acids is 1. The van der Waals surface area contributed by atoms with E-state index < -0.39 is 0 Å². The van der Waals surface area contributed by atoms with Gasteiger partial charge in [0.15, 0.2) is 0 Å². The lowest BCUT2D eigenvalue weighted by atomic mass is 10.0. The fraction of sp³-hybridized carbons (Fsp3) is 0.179. The van der Waals surface area contributed by atoms with Crippen molar-refractivity contribution in [1.29, 1.82) is 0 Å². The van der Waals surface area contributed by atoms with Gasteiger partial charge in [-0.05, 0) is 42.0 Å². The second-order valence-corrected chi connectivity index (χ2v) is 8.11. The zero-order valence-electron chi connectivity index (χ0n) is 19.4. The molecule has 0 atom stereocenters. The summed E-state index contributed by atoms with van der Waals surface area (Å²) < 4.78 is 16.5. The molecule has 0 saturated carbocycles. The number of nitrogens with zero attached hydrogens (tertiary/aromatic N) is 1. The second kappa shape index (κ2) is 8.98. The Labute approximate surface area is 198 Å². The molecule has 0 radical (unpaired) electrons. The average Bonchev–Trinajstić information content (AvgIpc) is 3.44. The molecule has 4 aromatic rings. The van der Waals surface area contributed by atoms with Gasteiger partial charge in [-0.2, -0.15) is 0 Å². The van der Waals surface area contributed by atoms with Crippen molar-refractivity contribution >= 4 is 22.5 Å². The van der Waals surface area contributed by atoms with Crippen molar-refractivity contribution in [1.82, 2.24) is 9.88 Å². The minimum atomic E-state index is 0.0691. The highest BCUT2D eigenvalue weighted by Crippen LogP contribution is 2.43. The number of hydrogen-bond acceptors (Lipinski definition) is 4. The molecule has 0 saturated heterocycles. The van der Waals surface area contributed by atoms with E-state index in [0.29, 0.717) is 13.0 Å². The molecule has 3 aromatic carbocycles. The van der Waals surface area contributed by atoms with E-state index in [1.54, 1.807) is 21.3 Å². The van der Waals surface area contributed by atoms with Crippen molar-refractivity contribution in [2.24, 2.45) is 0 Å². The van der Waals surface area contributed by atoms with Gasteiger partial charge < -0.3 is 24.1 Å². The smallest absolute Gasteiger partial charge is 0.231 e. The lowest BCUT2D eigenvalue weighted by Crippen LogP contribution is -2.24. The molecule has 1 aliphatic rings. The lowest BCUT2D eigenvalue weighted by molar-refractivity contribution is -0.126. The van der Waals surface area contributed by atoms with Crippen LogP contribution in [0.25, 0.3) is 27.9 Å². The third kappa shape index (κ3) is 3.77. The number of aromatic amines is 1. The number of rotatable bonds is 7. The first-order valence-electron chi connectivity index (χ1n) is 11.1. The van der Waals surface area contributed by atoms with Crippen LogP contribution in [0.15, 0.2) is 72.8 Å². The van der Waals surface area contributed by atoms with Gasteiger partial charge in [-0.15, -0.1) is 0 Å². The van der Waals surface area contributed by atoms with Gasteiger partial charge in [-0.3, -0.25) is 4.79 Å². The summed E-state index contributed by atoms with van der Waals surface area (Å²) in [4.78, 5) is 18.4. The fourth-order valence-electron chi connectivity index (χ4n) is 4.48. The third-order valence-corrected chi connectivity index (χ3v) is 6.20. The van der Waals surface area contributed by atoms with Gasteiger partial charge in [-0.1, -0.05) is 36.4 Å². The number of para-hydroxylation sites is 1. The number of aromatic nitrogens is 1. The molecule has 1 amide bonds. The summed E-state index contributed by atoms with van der Waals surface area (Å²) in [5.41, 5.74) is 5.64. The molecule has 1 aromatic heterocycles. The van der Waals surface area contributed by atoms with Crippen LogP contribution in [-0.2, 0) is 11.3 Å². The Morgan fingerprint density at radius 3 is 2.35 bits per heavy atom. The van der Waals surface area contributed by atoms with Crippen LogP contribution >= 0.6 is 0 Å². The van der Waals surface area contributed by atoms with Crippen molar-refractivity contribution < 1.29 is 19.0 Å². The molecule has 0 unspecified atom stereocenters. The lowest BCUT2D eigenvalue weighted by Gasteiger charge is -2.22. The first kappa shape index (κ1) is 21.6. The molecule has 172 valence electrons. The number of carbonyl (C=O) groups is 1. The molecule has 34 heavy (non-hydrogen) atoms. The average molecular weight is 455 g/mol. The SMILES string of the molecule is COc1ccc(CN2C(=O)CC=C2c2c(-c3cc(OC)ccc3OC)[nH]c3ccccc23)cc1. The van der Waals surface area contributed by atoms with E-state index >= 15 is 0 Å². The van der Waals surface area contributed by atoms with Crippen LogP contribution in [0.4, 0.5) is 0 Å². The molecule has 0 fully saturated rings. The van der Waals surface area contributed by atoms with Gasteiger partial charge in [-0.25, -0.2) is 0 Å². The summed E-state index contributed by atoms with van der Waals surface area (Å²) in [6.45, 7) is 0.475. The van der Waals surface area contributed by atoms with Gasteiger partial charge in [0.05, 0.1) is 39.3 Å². The van der Waals surface area contributed by atoms with E-state index in [9.17, 15) is 4.79 Å². The number of amides is 1. The molecule has 6 heteroatoms. The van der Waals surface area contributed by atoms with Crippen molar-refractivity contribution in [3.05, 3.63) is 83.9 Å². The Hall–Kier alpha value is -4.19. The first-order chi connectivity index (χ1) is 16.6. The van der Waals surface area contributed by atoms with E-state index in [1.807, 2.05) is 71.6 Å². The van der Waals surface area contributed by atoms with Crippen molar-refractivity contribution in [3.8, 4) is 28.5 Å². The Bertz CT molecular complexity index is 1390. The summed E-state index contributed by atoms with van der Waals surface area (Å²) in [6, 6.07) is 21.7. The largest absolute Gasteiger partial charge is 0.497 e. The standard InChI is InChI=1S/C28H26N2O4/c1-32-19-10-8-18(9-11-19)17-30-24(13-15-26(30)31)27-21-6-4-5-7-23(21)29-28(27)22-16-20(33-2)12-14-25(22)34-3/h4-14,16,29H,15,17H2,1-3H3. The van der Waals surface area contributed by atoms with Crippen molar-refractivity contribution in [2.75, 3.05) is 21.3 Å². The molecular weight excluding hydrogens is 428 g/mol. The number of H-pyrrole nitrogens is 1. The number of ether oxygens (including phenoxy) is 3. The van der Waals surface area contributed by atoms with Gasteiger partial charge >= 0.3 is 0 Å².